The van der Waals surface area contributed by atoms with Crippen LogP contribution < -0.4 is 0 Å². The third-order valence-electron chi connectivity index (χ3n) is 2.83. The van der Waals surface area contributed by atoms with Gasteiger partial charge in [-0.3, -0.25) is 0 Å². The van der Waals surface area contributed by atoms with E-state index in [4.69, 9.17) is 0 Å². The van der Waals surface area contributed by atoms with Crippen molar-refractivity contribution >= 4 is 0 Å². The van der Waals surface area contributed by atoms with Gasteiger partial charge in [0.15, 0.2) is 0 Å². The van der Waals surface area contributed by atoms with Crippen LogP contribution in [0.3, 0.4) is 0 Å². The highest BCUT2D eigenvalue weighted by atomic mass is 19.4. The zero-order valence-corrected chi connectivity index (χ0v) is 8.11. The molecule has 4 heteroatoms. The van der Waals surface area contributed by atoms with Crippen LogP contribution >= 0.6 is 0 Å². The molecule has 0 aromatic heterocycles. The molecular formula is C11H10F4. The lowest BCUT2D eigenvalue weighted by Crippen LogP contribution is -2.08. The van der Waals surface area contributed by atoms with Gasteiger partial charge in [0.25, 0.3) is 0 Å². The predicted molar refractivity (Wildman–Crippen MR) is 47.9 cm³/mol. The van der Waals surface area contributed by atoms with Crippen molar-refractivity contribution in [2.24, 2.45) is 5.92 Å². The van der Waals surface area contributed by atoms with Crippen molar-refractivity contribution in [2.45, 2.75) is 25.4 Å². The van der Waals surface area contributed by atoms with E-state index in [0.29, 0.717) is 11.5 Å². The number of halogens is 4. The van der Waals surface area contributed by atoms with E-state index in [-0.39, 0.29) is 5.92 Å². The minimum atomic E-state index is -4.60. The average molecular weight is 218 g/mol. The Labute approximate surface area is 84.9 Å². The largest absolute Gasteiger partial charge is 0.419 e. The smallest absolute Gasteiger partial charge is 0.206 e. The Morgan fingerprint density at radius 1 is 1.27 bits per heavy atom. The number of benzene rings is 1. The monoisotopic (exact) mass is 218 g/mol. The second-order valence-electron chi connectivity index (χ2n) is 4.06. The normalized spacial score (nSPS) is 25.4. The maximum atomic E-state index is 12.9. The van der Waals surface area contributed by atoms with Gasteiger partial charge in [-0.25, -0.2) is 4.39 Å². The maximum absolute atomic E-state index is 12.9. The van der Waals surface area contributed by atoms with Crippen LogP contribution in [-0.4, -0.2) is 0 Å². The fraction of sp³-hybridized carbons (Fsp3) is 0.455. The Kier molecular flexibility index (Phi) is 2.24. The van der Waals surface area contributed by atoms with Crippen LogP contribution in [-0.2, 0) is 6.18 Å². The van der Waals surface area contributed by atoms with E-state index in [1.165, 1.54) is 6.07 Å². The Bertz CT molecular complexity index is 381. The SMILES string of the molecule is C[C@H]1C[C@@H]1c1ccc(F)c(C(F)(F)F)c1. The minimum Gasteiger partial charge on any atom is -0.206 e. The molecule has 0 bridgehead atoms. The van der Waals surface area contributed by atoms with Gasteiger partial charge in [-0.05, 0) is 36.0 Å². The highest BCUT2D eigenvalue weighted by Crippen LogP contribution is 2.48. The van der Waals surface area contributed by atoms with Crippen LogP contribution in [0, 0.1) is 11.7 Å². The van der Waals surface area contributed by atoms with Crippen molar-refractivity contribution in [3.05, 3.63) is 35.1 Å². The molecular weight excluding hydrogens is 208 g/mol. The zero-order valence-electron chi connectivity index (χ0n) is 8.11. The zero-order chi connectivity index (χ0) is 11.2. The molecule has 0 N–H and O–H groups in total. The summed E-state index contributed by atoms with van der Waals surface area (Å²) in [5, 5.41) is 0. The van der Waals surface area contributed by atoms with Gasteiger partial charge >= 0.3 is 6.18 Å². The van der Waals surface area contributed by atoms with Crippen LogP contribution in [0.15, 0.2) is 18.2 Å². The Hall–Kier alpha value is -1.06. The molecule has 2 rings (SSSR count). The Morgan fingerprint density at radius 3 is 2.33 bits per heavy atom. The lowest BCUT2D eigenvalue weighted by molar-refractivity contribution is -0.140. The molecule has 0 aliphatic heterocycles. The topological polar surface area (TPSA) is 0 Å². The number of alkyl halides is 3. The van der Waals surface area contributed by atoms with E-state index in [0.717, 1.165) is 18.6 Å². The molecule has 1 aliphatic carbocycles. The molecule has 1 aliphatic rings. The first-order valence-electron chi connectivity index (χ1n) is 4.76. The average Bonchev–Trinajstić information content (AvgIpc) is 2.81. The van der Waals surface area contributed by atoms with Crippen molar-refractivity contribution in [3.63, 3.8) is 0 Å². The summed E-state index contributed by atoms with van der Waals surface area (Å²) in [6.45, 7) is 1.97. The van der Waals surface area contributed by atoms with Crippen molar-refractivity contribution in [2.75, 3.05) is 0 Å². The van der Waals surface area contributed by atoms with E-state index in [9.17, 15) is 17.6 Å². The second kappa shape index (κ2) is 3.22. The molecule has 0 saturated heterocycles. The van der Waals surface area contributed by atoms with Crippen LogP contribution in [0.4, 0.5) is 17.6 Å². The van der Waals surface area contributed by atoms with Gasteiger partial charge in [0.2, 0.25) is 0 Å². The Balaban J connectivity index is 2.37. The maximum Gasteiger partial charge on any atom is 0.419 e. The third-order valence-corrected chi connectivity index (χ3v) is 2.83. The molecule has 1 aromatic carbocycles. The lowest BCUT2D eigenvalue weighted by atomic mass is 10.1. The first kappa shape index (κ1) is 10.5. The fourth-order valence-electron chi connectivity index (χ4n) is 1.78. The van der Waals surface area contributed by atoms with Gasteiger partial charge in [0.1, 0.15) is 5.82 Å². The molecule has 1 saturated carbocycles. The summed E-state index contributed by atoms with van der Waals surface area (Å²) in [6.07, 6.45) is -3.71. The Morgan fingerprint density at radius 2 is 1.87 bits per heavy atom. The number of rotatable bonds is 1. The molecule has 1 aromatic rings. The molecule has 0 radical (unpaired) electrons. The van der Waals surface area contributed by atoms with E-state index < -0.39 is 17.6 Å². The quantitative estimate of drug-likeness (QED) is 0.625. The fourth-order valence-corrected chi connectivity index (χ4v) is 1.78. The number of hydrogen-bond donors (Lipinski definition) is 0. The summed E-state index contributed by atoms with van der Waals surface area (Å²) in [6, 6.07) is 3.28. The molecule has 2 atom stereocenters. The van der Waals surface area contributed by atoms with Gasteiger partial charge in [-0.15, -0.1) is 0 Å². The summed E-state index contributed by atoms with van der Waals surface area (Å²) >= 11 is 0. The van der Waals surface area contributed by atoms with Crippen LogP contribution in [0.25, 0.3) is 0 Å². The van der Waals surface area contributed by atoms with E-state index in [1.807, 2.05) is 6.92 Å². The molecule has 1 fully saturated rings. The van der Waals surface area contributed by atoms with Crippen LogP contribution in [0.2, 0.25) is 0 Å². The lowest BCUT2D eigenvalue weighted by Gasteiger charge is -2.09. The third kappa shape index (κ3) is 1.98. The van der Waals surface area contributed by atoms with Crippen molar-refractivity contribution in [1.29, 1.82) is 0 Å². The van der Waals surface area contributed by atoms with Gasteiger partial charge in [-0.2, -0.15) is 13.2 Å². The highest BCUT2D eigenvalue weighted by molar-refractivity contribution is 5.32. The summed E-state index contributed by atoms with van der Waals surface area (Å²) < 4.78 is 50.0. The van der Waals surface area contributed by atoms with Crippen LogP contribution in [0.1, 0.15) is 30.4 Å². The first-order valence-corrected chi connectivity index (χ1v) is 4.76. The molecule has 15 heavy (non-hydrogen) atoms. The predicted octanol–water partition coefficient (Wildman–Crippen LogP) is 3.97. The molecule has 0 unspecified atom stereocenters. The van der Waals surface area contributed by atoms with Crippen molar-refractivity contribution in [3.8, 4) is 0 Å². The van der Waals surface area contributed by atoms with Crippen molar-refractivity contribution in [1.82, 2.24) is 0 Å². The van der Waals surface area contributed by atoms with Crippen LogP contribution in [0.5, 0.6) is 0 Å². The summed E-state index contributed by atoms with van der Waals surface area (Å²) in [5.41, 5.74) is -0.560. The van der Waals surface area contributed by atoms with Gasteiger partial charge in [0, 0.05) is 0 Å². The van der Waals surface area contributed by atoms with Gasteiger partial charge in [-0.1, -0.05) is 13.0 Å². The van der Waals surface area contributed by atoms with Crippen molar-refractivity contribution < 1.29 is 17.6 Å². The highest BCUT2D eigenvalue weighted by Gasteiger charge is 2.38. The second-order valence-corrected chi connectivity index (χ2v) is 4.06. The van der Waals surface area contributed by atoms with E-state index in [1.54, 1.807) is 0 Å². The molecule has 0 nitrogen and oxygen atoms in total. The molecule has 82 valence electrons. The van der Waals surface area contributed by atoms with E-state index >= 15 is 0 Å². The summed E-state index contributed by atoms with van der Waals surface area (Å²) in [5.74, 6) is -0.609. The molecule has 0 spiro atoms. The van der Waals surface area contributed by atoms with Gasteiger partial charge < -0.3 is 0 Å². The first-order chi connectivity index (χ1) is 6.89. The van der Waals surface area contributed by atoms with E-state index in [2.05, 4.69) is 0 Å². The number of hydrogen-bond acceptors (Lipinski definition) is 0. The standard InChI is InChI=1S/C11H10F4/c1-6-4-8(6)7-2-3-10(12)9(5-7)11(13,14)15/h2-3,5-6,8H,4H2,1H3/t6-,8-/m0/s1. The van der Waals surface area contributed by atoms with Gasteiger partial charge in [0.05, 0.1) is 5.56 Å². The minimum absolute atomic E-state index is 0.173. The summed E-state index contributed by atoms with van der Waals surface area (Å²) in [7, 11) is 0. The summed E-state index contributed by atoms with van der Waals surface area (Å²) in [4.78, 5) is 0. The molecule has 0 amide bonds. The molecule has 0 heterocycles.